The van der Waals surface area contributed by atoms with Crippen molar-refractivity contribution in [2.45, 2.75) is 13.0 Å². The zero-order valence-corrected chi connectivity index (χ0v) is 11.6. The predicted molar refractivity (Wildman–Crippen MR) is 73.7 cm³/mol. The Balaban J connectivity index is 0.00000180. The first-order chi connectivity index (χ1) is 8.80. The number of hydrogen-bond donors (Lipinski definition) is 1. The SMILES string of the molecule is C=CCC1=NC=C[N+]1(CCO)Cc1ccccc1.[Cl-]. The third-order valence-electron chi connectivity index (χ3n) is 3.22. The summed E-state index contributed by atoms with van der Waals surface area (Å²) >= 11 is 0. The largest absolute Gasteiger partial charge is 1.00 e. The number of benzene rings is 1. The van der Waals surface area contributed by atoms with Crippen molar-refractivity contribution in [3.8, 4) is 0 Å². The van der Waals surface area contributed by atoms with Crippen molar-refractivity contribution in [3.63, 3.8) is 0 Å². The Hall–Kier alpha value is -1.42. The van der Waals surface area contributed by atoms with E-state index in [1.54, 1.807) is 0 Å². The molecule has 2 rings (SSSR count). The number of aliphatic hydroxyl groups excluding tert-OH is 1. The van der Waals surface area contributed by atoms with Crippen LogP contribution in [0.3, 0.4) is 0 Å². The van der Waals surface area contributed by atoms with Gasteiger partial charge in [-0.1, -0.05) is 36.4 Å². The molecule has 0 saturated carbocycles. The van der Waals surface area contributed by atoms with E-state index in [0.717, 1.165) is 18.8 Å². The summed E-state index contributed by atoms with van der Waals surface area (Å²) in [7, 11) is 0. The Kier molecular flexibility index (Phi) is 5.96. The van der Waals surface area contributed by atoms with Crippen LogP contribution >= 0.6 is 0 Å². The van der Waals surface area contributed by atoms with Crippen LogP contribution in [0.4, 0.5) is 0 Å². The Bertz CT molecular complexity index is 470. The van der Waals surface area contributed by atoms with E-state index >= 15 is 0 Å². The molecular weight excluding hydrogens is 260 g/mol. The monoisotopic (exact) mass is 278 g/mol. The van der Waals surface area contributed by atoms with Gasteiger partial charge in [-0.2, -0.15) is 0 Å². The Labute approximate surface area is 120 Å². The molecule has 1 aromatic carbocycles. The average Bonchev–Trinajstić information content (AvgIpc) is 2.75. The number of quaternary nitrogens is 1. The zero-order chi connectivity index (χ0) is 12.8. The third kappa shape index (κ3) is 3.53. The van der Waals surface area contributed by atoms with Crippen molar-refractivity contribution in [2.24, 2.45) is 4.99 Å². The lowest BCUT2D eigenvalue weighted by atomic mass is 10.1. The standard InChI is InChI=1S/C15H19N2O.ClH/c1-2-6-15-16-9-10-17(15,11-12-18)13-14-7-4-3-5-8-14;/h2-5,7-10,18H,1,6,11-13H2;1H/q+1;/p-1. The molecule has 1 heterocycles. The van der Waals surface area contributed by atoms with Gasteiger partial charge >= 0.3 is 0 Å². The second kappa shape index (κ2) is 7.24. The van der Waals surface area contributed by atoms with Crippen LogP contribution in [0, 0.1) is 0 Å². The van der Waals surface area contributed by atoms with E-state index in [9.17, 15) is 5.11 Å². The minimum atomic E-state index is 0. The highest BCUT2D eigenvalue weighted by atomic mass is 35.5. The quantitative estimate of drug-likeness (QED) is 0.550. The van der Waals surface area contributed by atoms with Crippen molar-refractivity contribution in [1.29, 1.82) is 0 Å². The van der Waals surface area contributed by atoms with Crippen molar-refractivity contribution in [1.82, 2.24) is 0 Å². The number of hydrogen-bond acceptors (Lipinski definition) is 2. The van der Waals surface area contributed by atoms with Crippen molar-refractivity contribution in [2.75, 3.05) is 13.2 Å². The molecule has 3 nitrogen and oxygen atoms in total. The molecule has 1 aliphatic heterocycles. The summed E-state index contributed by atoms with van der Waals surface area (Å²) < 4.78 is 0.604. The predicted octanol–water partition coefficient (Wildman–Crippen LogP) is -0.541. The van der Waals surface area contributed by atoms with Crippen molar-refractivity contribution in [3.05, 3.63) is 61.0 Å². The maximum absolute atomic E-state index is 9.33. The molecule has 0 spiro atoms. The molecule has 0 radical (unpaired) electrons. The summed E-state index contributed by atoms with van der Waals surface area (Å²) in [5.41, 5.74) is 1.24. The fourth-order valence-electron chi connectivity index (χ4n) is 2.33. The normalized spacial score (nSPS) is 20.8. The van der Waals surface area contributed by atoms with E-state index in [1.165, 1.54) is 5.56 Å². The minimum absolute atomic E-state index is 0. The van der Waals surface area contributed by atoms with Crippen LogP contribution in [-0.4, -0.2) is 28.6 Å². The van der Waals surface area contributed by atoms with Crippen LogP contribution in [0.25, 0.3) is 0 Å². The Morgan fingerprint density at radius 1 is 1.26 bits per heavy atom. The van der Waals surface area contributed by atoms with Gasteiger partial charge in [0.25, 0.3) is 0 Å². The molecule has 102 valence electrons. The minimum Gasteiger partial charge on any atom is -1.00 e. The van der Waals surface area contributed by atoms with Crippen LogP contribution < -0.4 is 12.4 Å². The highest BCUT2D eigenvalue weighted by Gasteiger charge is 2.34. The molecule has 0 saturated heterocycles. The van der Waals surface area contributed by atoms with Crippen LogP contribution in [0.2, 0.25) is 0 Å². The third-order valence-corrected chi connectivity index (χ3v) is 3.22. The molecular formula is C15H19ClN2O. The number of aliphatic hydroxyl groups is 1. The molecule has 1 unspecified atom stereocenters. The molecule has 1 aromatic rings. The lowest BCUT2D eigenvalue weighted by Gasteiger charge is -2.31. The van der Waals surface area contributed by atoms with Gasteiger partial charge in [0.15, 0.2) is 0 Å². The van der Waals surface area contributed by atoms with E-state index in [4.69, 9.17) is 0 Å². The smallest absolute Gasteiger partial charge is 0.211 e. The molecule has 0 bridgehead atoms. The lowest BCUT2D eigenvalue weighted by molar-refractivity contribution is -0.802. The van der Waals surface area contributed by atoms with Gasteiger partial charge in [0.1, 0.15) is 19.3 Å². The summed E-state index contributed by atoms with van der Waals surface area (Å²) in [4.78, 5) is 4.42. The molecule has 19 heavy (non-hydrogen) atoms. The molecule has 0 aromatic heterocycles. The van der Waals surface area contributed by atoms with Gasteiger partial charge < -0.3 is 17.5 Å². The number of nitrogens with zero attached hydrogens (tertiary/aromatic N) is 2. The molecule has 0 aliphatic carbocycles. The molecule has 4 heteroatoms. The van der Waals surface area contributed by atoms with E-state index in [1.807, 2.05) is 30.5 Å². The maximum atomic E-state index is 9.33. The van der Waals surface area contributed by atoms with Crippen LogP contribution in [0.15, 0.2) is 60.4 Å². The zero-order valence-electron chi connectivity index (χ0n) is 10.9. The van der Waals surface area contributed by atoms with E-state index in [2.05, 4.69) is 29.9 Å². The van der Waals surface area contributed by atoms with Gasteiger partial charge in [0.2, 0.25) is 5.84 Å². The molecule has 0 fully saturated rings. The number of aliphatic imine (C=N–C) groups is 1. The summed E-state index contributed by atoms with van der Waals surface area (Å²) in [5.74, 6) is 1.04. The van der Waals surface area contributed by atoms with E-state index in [-0.39, 0.29) is 19.0 Å². The van der Waals surface area contributed by atoms with Gasteiger partial charge in [0, 0.05) is 5.56 Å². The average molecular weight is 279 g/mol. The Morgan fingerprint density at radius 3 is 2.63 bits per heavy atom. The Morgan fingerprint density at radius 2 is 2.00 bits per heavy atom. The first-order valence-corrected chi connectivity index (χ1v) is 6.18. The first kappa shape index (κ1) is 15.6. The highest BCUT2D eigenvalue weighted by Crippen LogP contribution is 2.23. The van der Waals surface area contributed by atoms with Crippen LogP contribution in [-0.2, 0) is 6.54 Å². The first-order valence-electron chi connectivity index (χ1n) is 6.18. The van der Waals surface area contributed by atoms with E-state index < -0.39 is 0 Å². The number of amidine groups is 1. The van der Waals surface area contributed by atoms with Crippen LogP contribution in [0.5, 0.6) is 0 Å². The van der Waals surface area contributed by atoms with Gasteiger partial charge in [-0.3, -0.25) is 0 Å². The number of rotatable bonds is 6. The van der Waals surface area contributed by atoms with Crippen LogP contribution in [0.1, 0.15) is 12.0 Å². The molecule has 0 amide bonds. The fourth-order valence-corrected chi connectivity index (χ4v) is 2.33. The highest BCUT2D eigenvalue weighted by molar-refractivity contribution is 5.79. The summed E-state index contributed by atoms with van der Waals surface area (Å²) in [6, 6.07) is 10.3. The molecule has 1 aliphatic rings. The lowest BCUT2D eigenvalue weighted by Crippen LogP contribution is -3.00. The topological polar surface area (TPSA) is 32.6 Å². The second-order valence-corrected chi connectivity index (χ2v) is 4.46. The number of halogens is 1. The van der Waals surface area contributed by atoms with Crippen molar-refractivity contribution < 1.29 is 22.0 Å². The van der Waals surface area contributed by atoms with Gasteiger partial charge in [0.05, 0.1) is 19.2 Å². The van der Waals surface area contributed by atoms with Gasteiger partial charge in [-0.05, 0) is 0 Å². The molecule has 1 N–H and O–H groups in total. The maximum Gasteiger partial charge on any atom is 0.211 e. The summed E-state index contributed by atoms with van der Waals surface area (Å²) in [6.45, 7) is 5.40. The fraction of sp³-hybridized carbons (Fsp3) is 0.267. The summed E-state index contributed by atoms with van der Waals surface area (Å²) in [5, 5.41) is 9.33. The summed E-state index contributed by atoms with van der Waals surface area (Å²) in [6.07, 6.45) is 6.50. The van der Waals surface area contributed by atoms with E-state index in [0.29, 0.717) is 11.0 Å². The van der Waals surface area contributed by atoms with Crippen molar-refractivity contribution >= 4 is 5.84 Å². The second-order valence-electron chi connectivity index (χ2n) is 4.46. The van der Waals surface area contributed by atoms with Gasteiger partial charge in [-0.15, -0.1) is 6.58 Å². The van der Waals surface area contributed by atoms with Gasteiger partial charge in [-0.25, -0.2) is 9.48 Å². The molecule has 1 atom stereocenters.